The Balaban J connectivity index is 2.49. The van der Waals surface area contributed by atoms with E-state index in [-0.39, 0.29) is 6.10 Å². The molecule has 0 amide bonds. The minimum absolute atomic E-state index is 0.223. The number of rotatable bonds is 2. The molecule has 0 N–H and O–H groups in total. The molecule has 0 heterocycles. The molecule has 1 unspecified atom stereocenters. The van der Waals surface area contributed by atoms with E-state index in [9.17, 15) is 8.42 Å². The highest BCUT2D eigenvalue weighted by Crippen LogP contribution is 2.14. The van der Waals surface area contributed by atoms with E-state index in [1.54, 1.807) is 0 Å². The van der Waals surface area contributed by atoms with Crippen molar-refractivity contribution in [2.24, 2.45) is 0 Å². The Morgan fingerprint density at radius 2 is 2.27 bits per heavy atom. The van der Waals surface area contributed by atoms with Crippen molar-refractivity contribution in [1.29, 1.82) is 0 Å². The number of allylic oxidation sites excluding steroid dienone is 1. The SMILES string of the molecule is CS(=O)(=O)OC1C=CCCC1. The molecule has 0 aromatic carbocycles. The molecule has 0 spiro atoms. The Morgan fingerprint density at radius 3 is 2.73 bits per heavy atom. The summed E-state index contributed by atoms with van der Waals surface area (Å²) in [7, 11) is -3.27. The van der Waals surface area contributed by atoms with Crippen molar-refractivity contribution in [1.82, 2.24) is 0 Å². The van der Waals surface area contributed by atoms with E-state index in [2.05, 4.69) is 0 Å². The van der Waals surface area contributed by atoms with Gasteiger partial charge in [-0.25, -0.2) is 0 Å². The standard InChI is InChI=1S/C7H12O3S/c1-11(8,9)10-7-5-3-2-4-6-7/h3,5,7H,2,4,6H2,1H3. The van der Waals surface area contributed by atoms with E-state index < -0.39 is 10.1 Å². The average Bonchev–Trinajstić information content (AvgIpc) is 1.85. The molecular formula is C7H12O3S. The summed E-state index contributed by atoms with van der Waals surface area (Å²) in [5.74, 6) is 0. The molecule has 0 aliphatic heterocycles. The van der Waals surface area contributed by atoms with Gasteiger partial charge < -0.3 is 0 Å². The van der Waals surface area contributed by atoms with E-state index in [4.69, 9.17) is 4.18 Å². The van der Waals surface area contributed by atoms with Crippen LogP contribution in [0.1, 0.15) is 19.3 Å². The van der Waals surface area contributed by atoms with Gasteiger partial charge in [0.2, 0.25) is 0 Å². The first-order valence-electron chi connectivity index (χ1n) is 3.63. The van der Waals surface area contributed by atoms with Crippen molar-refractivity contribution < 1.29 is 12.6 Å². The van der Waals surface area contributed by atoms with Crippen LogP contribution in [-0.2, 0) is 14.3 Å². The van der Waals surface area contributed by atoms with Gasteiger partial charge in [-0.3, -0.25) is 4.18 Å². The van der Waals surface area contributed by atoms with Gasteiger partial charge in [0.1, 0.15) is 0 Å². The molecule has 1 rings (SSSR count). The maximum Gasteiger partial charge on any atom is 0.264 e. The summed E-state index contributed by atoms with van der Waals surface area (Å²) < 4.78 is 26.1. The van der Waals surface area contributed by atoms with Crippen LogP contribution in [-0.4, -0.2) is 20.8 Å². The van der Waals surface area contributed by atoms with Gasteiger partial charge in [-0.2, -0.15) is 8.42 Å². The van der Waals surface area contributed by atoms with E-state index >= 15 is 0 Å². The normalized spacial score (nSPS) is 25.4. The molecular weight excluding hydrogens is 164 g/mol. The first-order chi connectivity index (χ1) is 5.08. The second-order valence-corrected chi connectivity index (χ2v) is 4.30. The van der Waals surface area contributed by atoms with Gasteiger partial charge in [0, 0.05) is 0 Å². The molecule has 1 aliphatic carbocycles. The monoisotopic (exact) mass is 176 g/mol. The number of hydrogen-bond acceptors (Lipinski definition) is 3. The highest BCUT2D eigenvalue weighted by Gasteiger charge is 2.13. The third-order valence-corrected chi connectivity index (χ3v) is 2.11. The molecule has 0 aromatic rings. The van der Waals surface area contributed by atoms with Crippen molar-refractivity contribution in [3.05, 3.63) is 12.2 Å². The Labute approximate surface area is 67.2 Å². The molecule has 0 fully saturated rings. The zero-order valence-corrected chi connectivity index (χ0v) is 7.30. The Kier molecular flexibility index (Phi) is 2.67. The third kappa shape index (κ3) is 3.53. The van der Waals surface area contributed by atoms with Gasteiger partial charge in [0.25, 0.3) is 10.1 Å². The van der Waals surface area contributed by atoms with Crippen molar-refractivity contribution in [3.63, 3.8) is 0 Å². The molecule has 3 nitrogen and oxygen atoms in total. The molecule has 4 heteroatoms. The smallest absolute Gasteiger partial charge is 0.263 e. The predicted molar refractivity (Wildman–Crippen MR) is 42.7 cm³/mol. The summed E-state index contributed by atoms with van der Waals surface area (Å²) in [6, 6.07) is 0. The first-order valence-corrected chi connectivity index (χ1v) is 5.44. The maximum absolute atomic E-state index is 10.6. The fourth-order valence-corrected chi connectivity index (χ4v) is 1.70. The van der Waals surface area contributed by atoms with Gasteiger partial charge in [0.05, 0.1) is 12.4 Å². The molecule has 0 aromatic heterocycles. The molecule has 1 aliphatic rings. The summed E-state index contributed by atoms with van der Waals surface area (Å²) >= 11 is 0. The van der Waals surface area contributed by atoms with E-state index in [1.165, 1.54) is 0 Å². The summed E-state index contributed by atoms with van der Waals surface area (Å²) in [6.45, 7) is 0. The van der Waals surface area contributed by atoms with Crippen molar-refractivity contribution in [2.75, 3.05) is 6.26 Å². The van der Waals surface area contributed by atoms with Crippen LogP contribution >= 0.6 is 0 Å². The fraction of sp³-hybridized carbons (Fsp3) is 0.714. The highest BCUT2D eigenvalue weighted by molar-refractivity contribution is 7.86. The topological polar surface area (TPSA) is 43.4 Å². The van der Waals surface area contributed by atoms with Crippen LogP contribution in [0.25, 0.3) is 0 Å². The Hall–Kier alpha value is -0.350. The average molecular weight is 176 g/mol. The lowest BCUT2D eigenvalue weighted by molar-refractivity contribution is 0.239. The van der Waals surface area contributed by atoms with Gasteiger partial charge in [-0.05, 0) is 19.3 Å². The van der Waals surface area contributed by atoms with E-state index in [0.717, 1.165) is 25.5 Å². The van der Waals surface area contributed by atoms with Crippen LogP contribution in [0.3, 0.4) is 0 Å². The molecule has 11 heavy (non-hydrogen) atoms. The largest absolute Gasteiger partial charge is 0.264 e. The summed E-state index contributed by atoms with van der Waals surface area (Å²) in [5.41, 5.74) is 0. The lowest BCUT2D eigenvalue weighted by Crippen LogP contribution is -2.16. The van der Waals surface area contributed by atoms with Crippen LogP contribution in [0, 0.1) is 0 Å². The lowest BCUT2D eigenvalue weighted by Gasteiger charge is -2.14. The number of hydrogen-bond donors (Lipinski definition) is 0. The summed E-state index contributed by atoms with van der Waals surface area (Å²) in [4.78, 5) is 0. The second kappa shape index (κ2) is 3.36. The molecule has 1 atom stereocenters. The van der Waals surface area contributed by atoms with Crippen molar-refractivity contribution in [2.45, 2.75) is 25.4 Å². The van der Waals surface area contributed by atoms with Crippen molar-refractivity contribution >= 4 is 10.1 Å². The van der Waals surface area contributed by atoms with Crippen LogP contribution in [0.2, 0.25) is 0 Å². The van der Waals surface area contributed by atoms with Crippen LogP contribution in [0.5, 0.6) is 0 Å². The highest BCUT2D eigenvalue weighted by atomic mass is 32.2. The van der Waals surface area contributed by atoms with Gasteiger partial charge in [-0.15, -0.1) is 0 Å². The van der Waals surface area contributed by atoms with Gasteiger partial charge in [0.15, 0.2) is 0 Å². The third-order valence-electron chi connectivity index (χ3n) is 1.51. The molecule has 0 saturated carbocycles. The molecule has 0 bridgehead atoms. The Morgan fingerprint density at radius 1 is 1.55 bits per heavy atom. The molecule has 64 valence electrons. The van der Waals surface area contributed by atoms with Gasteiger partial charge in [-0.1, -0.05) is 12.2 Å². The maximum atomic E-state index is 10.6. The predicted octanol–water partition coefficient (Wildman–Crippen LogP) is 1.07. The van der Waals surface area contributed by atoms with E-state index in [0.29, 0.717) is 0 Å². The van der Waals surface area contributed by atoms with E-state index in [1.807, 2.05) is 12.2 Å². The van der Waals surface area contributed by atoms with Crippen LogP contribution in [0.4, 0.5) is 0 Å². The zero-order valence-electron chi connectivity index (χ0n) is 6.49. The lowest BCUT2D eigenvalue weighted by atomic mass is 10.1. The molecule has 0 radical (unpaired) electrons. The van der Waals surface area contributed by atoms with Crippen LogP contribution < -0.4 is 0 Å². The second-order valence-electron chi connectivity index (χ2n) is 2.70. The summed E-state index contributed by atoms with van der Waals surface area (Å²) in [5, 5.41) is 0. The fourth-order valence-electron chi connectivity index (χ4n) is 1.09. The minimum Gasteiger partial charge on any atom is -0.263 e. The zero-order chi connectivity index (χ0) is 8.32. The van der Waals surface area contributed by atoms with Gasteiger partial charge >= 0.3 is 0 Å². The van der Waals surface area contributed by atoms with Crippen LogP contribution in [0.15, 0.2) is 12.2 Å². The minimum atomic E-state index is -3.27. The quantitative estimate of drug-likeness (QED) is 0.467. The summed E-state index contributed by atoms with van der Waals surface area (Å²) in [6.07, 6.45) is 7.47. The first kappa shape index (κ1) is 8.74. The Bertz CT molecular complexity index is 240. The molecule has 0 saturated heterocycles. The van der Waals surface area contributed by atoms with Crippen molar-refractivity contribution in [3.8, 4) is 0 Å².